The normalized spacial score (nSPS) is 34.5. The van der Waals surface area contributed by atoms with Gasteiger partial charge in [0, 0.05) is 12.3 Å². The molecular weight excluding hydrogens is 160 g/mol. The quantitative estimate of drug-likeness (QED) is 0.653. The Kier molecular flexibility index (Phi) is 3.95. The van der Waals surface area contributed by atoms with Crippen LogP contribution < -0.4 is 0 Å². The third kappa shape index (κ3) is 2.55. The molecule has 0 aromatic rings. The molecule has 13 heavy (non-hydrogen) atoms. The molecule has 0 N–H and O–H groups in total. The smallest absolute Gasteiger partial charge is 0.136 e. The van der Waals surface area contributed by atoms with Crippen LogP contribution in [0, 0.1) is 17.8 Å². The Hall–Kier alpha value is -0.330. The maximum absolute atomic E-state index is 11.8. The Morgan fingerprint density at radius 1 is 1.31 bits per heavy atom. The first kappa shape index (κ1) is 10.7. The van der Waals surface area contributed by atoms with Crippen molar-refractivity contribution in [3.8, 4) is 0 Å². The zero-order chi connectivity index (χ0) is 9.84. The summed E-state index contributed by atoms with van der Waals surface area (Å²) in [6.07, 6.45) is 5.52. The van der Waals surface area contributed by atoms with Crippen LogP contribution in [0.5, 0.6) is 0 Å². The Balaban J connectivity index is 2.52. The molecule has 0 saturated heterocycles. The number of rotatable bonds is 3. The van der Waals surface area contributed by atoms with Crippen LogP contribution in [0.15, 0.2) is 0 Å². The summed E-state index contributed by atoms with van der Waals surface area (Å²) >= 11 is 0. The van der Waals surface area contributed by atoms with E-state index in [2.05, 4.69) is 20.8 Å². The Bertz CT molecular complexity index is 174. The average molecular weight is 182 g/mol. The molecule has 0 aliphatic heterocycles. The van der Waals surface area contributed by atoms with Gasteiger partial charge in [-0.25, -0.2) is 0 Å². The minimum atomic E-state index is 0.378. The fraction of sp³-hybridized carbons (Fsp3) is 0.917. The molecule has 1 heteroatoms. The summed E-state index contributed by atoms with van der Waals surface area (Å²) in [7, 11) is 0. The highest BCUT2D eigenvalue weighted by Gasteiger charge is 2.31. The highest BCUT2D eigenvalue weighted by atomic mass is 16.1. The summed E-state index contributed by atoms with van der Waals surface area (Å²) in [6.45, 7) is 6.63. The summed E-state index contributed by atoms with van der Waals surface area (Å²) in [5.74, 6) is 2.26. The minimum absolute atomic E-state index is 0.378. The third-order valence-corrected chi connectivity index (χ3v) is 3.62. The van der Waals surface area contributed by atoms with Crippen molar-refractivity contribution in [2.75, 3.05) is 0 Å². The molecular formula is C12H22O. The van der Waals surface area contributed by atoms with Gasteiger partial charge in [0.15, 0.2) is 0 Å². The van der Waals surface area contributed by atoms with Crippen LogP contribution in [0.2, 0.25) is 0 Å². The van der Waals surface area contributed by atoms with E-state index in [-0.39, 0.29) is 0 Å². The van der Waals surface area contributed by atoms with Crippen LogP contribution in [0.3, 0.4) is 0 Å². The van der Waals surface area contributed by atoms with Crippen molar-refractivity contribution >= 4 is 5.78 Å². The highest BCUT2D eigenvalue weighted by molar-refractivity contribution is 5.81. The predicted octanol–water partition coefficient (Wildman–Crippen LogP) is 3.43. The number of carbonyl (C=O) groups excluding carboxylic acids is 1. The van der Waals surface area contributed by atoms with Crippen molar-refractivity contribution in [1.29, 1.82) is 0 Å². The van der Waals surface area contributed by atoms with E-state index in [4.69, 9.17) is 0 Å². The zero-order valence-electron chi connectivity index (χ0n) is 9.18. The third-order valence-electron chi connectivity index (χ3n) is 3.62. The van der Waals surface area contributed by atoms with E-state index in [1.807, 2.05) is 0 Å². The summed E-state index contributed by atoms with van der Waals surface area (Å²) in [5.41, 5.74) is 0. The maximum atomic E-state index is 11.8. The molecule has 1 rings (SSSR count). The molecule has 0 radical (unpaired) electrons. The Morgan fingerprint density at radius 3 is 2.62 bits per heavy atom. The molecule has 76 valence electrons. The van der Waals surface area contributed by atoms with Crippen molar-refractivity contribution in [3.63, 3.8) is 0 Å². The topological polar surface area (TPSA) is 17.1 Å². The maximum Gasteiger partial charge on any atom is 0.136 e. The second-order valence-electron chi connectivity index (χ2n) is 4.59. The SMILES string of the molecule is CCCC(=O)C1CCCC(C)C1C. The van der Waals surface area contributed by atoms with E-state index >= 15 is 0 Å². The molecule has 1 saturated carbocycles. The lowest BCUT2D eigenvalue weighted by atomic mass is 9.71. The molecule has 1 nitrogen and oxygen atoms in total. The summed E-state index contributed by atoms with van der Waals surface area (Å²) in [6, 6.07) is 0. The first-order valence-electron chi connectivity index (χ1n) is 5.69. The molecule has 0 amide bonds. The van der Waals surface area contributed by atoms with Crippen molar-refractivity contribution in [2.45, 2.75) is 52.9 Å². The molecule has 1 fully saturated rings. The van der Waals surface area contributed by atoms with Crippen molar-refractivity contribution in [1.82, 2.24) is 0 Å². The second-order valence-corrected chi connectivity index (χ2v) is 4.59. The minimum Gasteiger partial charge on any atom is -0.299 e. The lowest BCUT2D eigenvalue weighted by molar-refractivity contribution is -0.126. The van der Waals surface area contributed by atoms with E-state index in [0.717, 1.165) is 25.2 Å². The van der Waals surface area contributed by atoms with Gasteiger partial charge in [-0.05, 0) is 24.7 Å². The van der Waals surface area contributed by atoms with Gasteiger partial charge in [-0.15, -0.1) is 0 Å². The predicted molar refractivity (Wildman–Crippen MR) is 55.6 cm³/mol. The first-order valence-corrected chi connectivity index (χ1v) is 5.69. The molecule has 1 aliphatic carbocycles. The molecule has 1 aliphatic rings. The average Bonchev–Trinajstić information content (AvgIpc) is 2.10. The van der Waals surface area contributed by atoms with E-state index in [1.54, 1.807) is 0 Å². The lowest BCUT2D eigenvalue weighted by Crippen LogP contribution is -2.30. The summed E-state index contributed by atoms with van der Waals surface area (Å²) in [4.78, 5) is 11.8. The number of hydrogen-bond donors (Lipinski definition) is 0. The van der Waals surface area contributed by atoms with E-state index in [1.165, 1.54) is 12.8 Å². The van der Waals surface area contributed by atoms with Gasteiger partial charge >= 0.3 is 0 Å². The van der Waals surface area contributed by atoms with Crippen LogP contribution in [0.1, 0.15) is 52.9 Å². The summed E-state index contributed by atoms with van der Waals surface area (Å²) in [5, 5.41) is 0. The number of ketones is 1. The van der Waals surface area contributed by atoms with Crippen LogP contribution in [0.25, 0.3) is 0 Å². The number of Topliss-reactive ketones (excluding diaryl/α,β-unsaturated/α-hetero) is 1. The molecule has 0 aromatic heterocycles. The van der Waals surface area contributed by atoms with Gasteiger partial charge in [-0.3, -0.25) is 4.79 Å². The van der Waals surface area contributed by atoms with Gasteiger partial charge in [0.1, 0.15) is 5.78 Å². The molecule has 0 aromatic carbocycles. The standard InChI is InChI=1S/C12H22O/c1-4-6-12(13)11-8-5-7-9(2)10(11)3/h9-11H,4-8H2,1-3H3. The lowest BCUT2D eigenvalue weighted by Gasteiger charge is -2.33. The Labute approximate surface area is 81.9 Å². The highest BCUT2D eigenvalue weighted by Crippen LogP contribution is 2.35. The van der Waals surface area contributed by atoms with Crippen LogP contribution in [-0.2, 0) is 4.79 Å². The molecule has 3 atom stereocenters. The Morgan fingerprint density at radius 2 is 2.00 bits per heavy atom. The van der Waals surface area contributed by atoms with Crippen LogP contribution >= 0.6 is 0 Å². The van der Waals surface area contributed by atoms with Crippen molar-refractivity contribution in [3.05, 3.63) is 0 Å². The van der Waals surface area contributed by atoms with Gasteiger partial charge in [0.25, 0.3) is 0 Å². The fourth-order valence-corrected chi connectivity index (χ4v) is 2.47. The van der Waals surface area contributed by atoms with Gasteiger partial charge < -0.3 is 0 Å². The second kappa shape index (κ2) is 4.78. The van der Waals surface area contributed by atoms with Crippen LogP contribution in [0.4, 0.5) is 0 Å². The monoisotopic (exact) mass is 182 g/mol. The zero-order valence-corrected chi connectivity index (χ0v) is 9.18. The largest absolute Gasteiger partial charge is 0.299 e. The van der Waals surface area contributed by atoms with Gasteiger partial charge in [0.2, 0.25) is 0 Å². The first-order chi connectivity index (χ1) is 6.16. The van der Waals surface area contributed by atoms with E-state index in [9.17, 15) is 4.79 Å². The summed E-state index contributed by atoms with van der Waals surface area (Å²) < 4.78 is 0. The molecule has 0 heterocycles. The van der Waals surface area contributed by atoms with E-state index < -0.39 is 0 Å². The molecule has 3 unspecified atom stereocenters. The number of carbonyl (C=O) groups is 1. The van der Waals surface area contributed by atoms with Gasteiger partial charge in [-0.2, -0.15) is 0 Å². The molecule has 0 spiro atoms. The number of hydrogen-bond acceptors (Lipinski definition) is 1. The van der Waals surface area contributed by atoms with Gasteiger partial charge in [0.05, 0.1) is 0 Å². The fourth-order valence-electron chi connectivity index (χ4n) is 2.47. The van der Waals surface area contributed by atoms with Crippen LogP contribution in [-0.4, -0.2) is 5.78 Å². The molecule has 0 bridgehead atoms. The van der Waals surface area contributed by atoms with Gasteiger partial charge in [-0.1, -0.05) is 33.6 Å². The van der Waals surface area contributed by atoms with Crippen molar-refractivity contribution < 1.29 is 4.79 Å². The van der Waals surface area contributed by atoms with E-state index in [0.29, 0.717) is 17.6 Å². The van der Waals surface area contributed by atoms with Crippen molar-refractivity contribution in [2.24, 2.45) is 17.8 Å².